The van der Waals surface area contributed by atoms with Gasteiger partial charge in [0, 0.05) is 41.7 Å². The Hall–Kier alpha value is -4.45. The molecule has 6 aliphatic rings. The maximum atomic E-state index is 13.8. The number of carbonyl (C=O) groups excluding carboxylic acids is 3. The van der Waals surface area contributed by atoms with Crippen LogP contribution in [0.5, 0.6) is 5.88 Å². The Morgan fingerprint density at radius 3 is 2.47 bits per heavy atom. The molecule has 0 aromatic carbocycles. The lowest BCUT2D eigenvalue weighted by Crippen LogP contribution is -2.70. The number of nitrogens with two attached hydrogens (primary N) is 1. The van der Waals surface area contributed by atoms with Crippen LogP contribution < -0.4 is 15.8 Å². The Morgan fingerprint density at radius 2 is 1.82 bits per heavy atom. The number of hydrogen-bond acceptors (Lipinski definition) is 8. The van der Waals surface area contributed by atoms with E-state index in [-0.39, 0.29) is 42.0 Å². The third kappa shape index (κ3) is 4.41. The number of nitrogens with zero attached hydrogens (tertiary/aromatic N) is 5. The zero-order chi connectivity index (χ0) is 34.0. The van der Waals surface area contributed by atoms with Crippen molar-refractivity contribution in [2.75, 3.05) is 14.2 Å². The number of nitrogens with one attached hydrogen (secondary N) is 1. The third-order valence-electron chi connectivity index (χ3n) is 12.3. The second kappa shape index (κ2) is 10.5. The van der Waals surface area contributed by atoms with Crippen LogP contribution in [0.1, 0.15) is 86.1 Å². The van der Waals surface area contributed by atoms with Gasteiger partial charge in [-0.3, -0.25) is 18.8 Å². The Kier molecular flexibility index (Phi) is 6.57. The lowest BCUT2D eigenvalue weighted by atomic mass is 9.35. The predicted octanol–water partition coefficient (Wildman–Crippen LogP) is 4.30. The number of carbonyl (C=O) groups is 3. The fourth-order valence-electron chi connectivity index (χ4n) is 9.50. The van der Waals surface area contributed by atoms with Gasteiger partial charge in [0.25, 0.3) is 5.91 Å². The van der Waals surface area contributed by atoms with Crippen LogP contribution >= 0.6 is 0 Å². The van der Waals surface area contributed by atoms with Crippen molar-refractivity contribution in [2.24, 2.45) is 22.5 Å². The molecule has 0 unspecified atom stereocenters. The zero-order valence-electron chi connectivity index (χ0n) is 28.5. The minimum atomic E-state index is -0.473. The Balaban J connectivity index is 1.04. The molecule has 3 N–H and O–H groups in total. The first-order valence-corrected chi connectivity index (χ1v) is 17.6. The van der Waals surface area contributed by atoms with Gasteiger partial charge in [0.1, 0.15) is 17.0 Å². The number of imidazole rings is 1. The monoisotopic (exact) mass is 665 g/mol. The lowest BCUT2D eigenvalue weighted by molar-refractivity contribution is -0.223. The first-order chi connectivity index (χ1) is 23.5. The number of esters is 1. The Morgan fingerprint density at radius 1 is 1.04 bits per heavy atom. The molecular weight excluding hydrogens is 622 g/mol. The molecule has 6 fully saturated rings. The molecule has 49 heavy (non-hydrogen) atoms. The summed E-state index contributed by atoms with van der Waals surface area (Å²) >= 11 is 0. The van der Waals surface area contributed by atoms with Crippen LogP contribution in [0.4, 0.5) is 0 Å². The van der Waals surface area contributed by atoms with Crippen molar-refractivity contribution in [1.82, 2.24) is 29.2 Å². The molecule has 12 heteroatoms. The van der Waals surface area contributed by atoms with Gasteiger partial charge in [-0.25, -0.2) is 9.97 Å². The summed E-state index contributed by atoms with van der Waals surface area (Å²) < 4.78 is 15.0. The highest BCUT2D eigenvalue weighted by Crippen LogP contribution is 2.73. The number of amides is 2. The molecule has 0 radical (unpaired) electrons. The maximum Gasteiger partial charge on any atom is 0.311 e. The van der Waals surface area contributed by atoms with Crippen LogP contribution in [-0.4, -0.2) is 74.0 Å². The first-order valence-electron chi connectivity index (χ1n) is 17.6. The highest BCUT2D eigenvalue weighted by Gasteiger charge is 2.75. The maximum absolute atomic E-state index is 13.8. The molecular formula is C37H43N7O5. The Bertz CT molecular complexity index is 2060. The van der Waals surface area contributed by atoms with Crippen molar-refractivity contribution in [3.8, 4) is 17.3 Å². The van der Waals surface area contributed by atoms with E-state index in [2.05, 4.69) is 22.0 Å². The minimum Gasteiger partial charge on any atom is -0.482 e. The molecule has 4 aliphatic carbocycles. The van der Waals surface area contributed by atoms with Crippen molar-refractivity contribution in [2.45, 2.75) is 95.9 Å². The van der Waals surface area contributed by atoms with Crippen LogP contribution in [0.25, 0.3) is 28.1 Å². The van der Waals surface area contributed by atoms with E-state index in [9.17, 15) is 14.4 Å². The van der Waals surface area contributed by atoms with Crippen molar-refractivity contribution in [1.29, 1.82) is 0 Å². The molecule has 10 rings (SSSR count). The van der Waals surface area contributed by atoms with Gasteiger partial charge in [-0.1, -0.05) is 0 Å². The van der Waals surface area contributed by atoms with E-state index >= 15 is 0 Å². The summed E-state index contributed by atoms with van der Waals surface area (Å²) in [6.45, 7) is 4.81. The topological polar surface area (TPSA) is 146 Å². The van der Waals surface area contributed by atoms with Crippen molar-refractivity contribution in [3.63, 3.8) is 0 Å². The van der Waals surface area contributed by atoms with Crippen molar-refractivity contribution >= 4 is 34.5 Å². The lowest BCUT2D eigenvalue weighted by Gasteiger charge is -2.67. The molecule has 12 nitrogen and oxygen atoms in total. The molecule has 2 aliphatic heterocycles. The second-order valence-electron chi connectivity index (χ2n) is 15.4. The zero-order valence-corrected chi connectivity index (χ0v) is 28.5. The van der Waals surface area contributed by atoms with E-state index in [1.807, 2.05) is 41.3 Å². The van der Waals surface area contributed by atoms with Crippen LogP contribution in [0, 0.1) is 23.7 Å². The second-order valence-corrected chi connectivity index (χ2v) is 15.4. The van der Waals surface area contributed by atoms with Gasteiger partial charge in [-0.15, -0.1) is 0 Å². The normalized spacial score (nSPS) is 28.8. The van der Waals surface area contributed by atoms with Crippen LogP contribution in [0.15, 0.2) is 30.3 Å². The third-order valence-corrected chi connectivity index (χ3v) is 12.3. The van der Waals surface area contributed by atoms with Gasteiger partial charge in [0.15, 0.2) is 5.88 Å². The average molecular weight is 666 g/mol. The highest BCUT2D eigenvalue weighted by molar-refractivity contribution is 5.97. The number of methoxy groups -OCH3 is 2. The average Bonchev–Trinajstić information content (AvgIpc) is 3.37. The number of pyridine rings is 2. The van der Waals surface area contributed by atoms with Crippen LogP contribution in [-0.2, 0) is 20.9 Å². The molecule has 4 saturated carbocycles. The van der Waals surface area contributed by atoms with Crippen molar-refractivity contribution in [3.05, 3.63) is 47.3 Å². The number of aryl methyl sites for hydroxylation is 1. The predicted molar refractivity (Wildman–Crippen MR) is 181 cm³/mol. The molecule has 2 amide bonds. The van der Waals surface area contributed by atoms with E-state index in [0.29, 0.717) is 42.3 Å². The molecule has 4 bridgehead atoms. The molecule has 4 aromatic rings. The smallest absolute Gasteiger partial charge is 0.311 e. The number of rotatable bonds is 9. The van der Waals surface area contributed by atoms with E-state index in [0.717, 1.165) is 59.6 Å². The van der Waals surface area contributed by atoms with Gasteiger partial charge in [-0.2, -0.15) is 0 Å². The summed E-state index contributed by atoms with van der Waals surface area (Å²) in [5, 5.41) is 4.18. The summed E-state index contributed by atoms with van der Waals surface area (Å²) in [6, 6.07) is 9.90. The van der Waals surface area contributed by atoms with E-state index < -0.39 is 10.8 Å². The fourth-order valence-corrected chi connectivity index (χ4v) is 9.50. The molecule has 6 heterocycles. The highest BCUT2D eigenvalue weighted by atomic mass is 16.5. The van der Waals surface area contributed by atoms with Crippen LogP contribution in [0.2, 0.25) is 0 Å². The summed E-state index contributed by atoms with van der Waals surface area (Å²) in [7, 11) is 3.03. The van der Waals surface area contributed by atoms with Gasteiger partial charge in [0.05, 0.1) is 48.2 Å². The molecule has 256 valence electrons. The largest absolute Gasteiger partial charge is 0.482 e. The number of ether oxygens (including phenoxy) is 2. The quantitative estimate of drug-likeness (QED) is 0.252. The molecule has 4 atom stereocenters. The fraction of sp³-hybridized carbons (Fsp3) is 0.541. The summed E-state index contributed by atoms with van der Waals surface area (Å²) in [4.78, 5) is 51.5. The van der Waals surface area contributed by atoms with Crippen molar-refractivity contribution < 1.29 is 23.9 Å². The SMILES string of the molecule is COC(=O)C12CC(C(=O)N[C@H](C)c3ccc4cc(-c5nc6cc(C(=O)N7[C@H]8CC[C@@H]7[C@H](N)C8)cc(OC)n6c5C)n(CC5CC5)c4n3)(C1)C2. The van der Waals surface area contributed by atoms with E-state index in [1.165, 1.54) is 20.0 Å². The van der Waals surface area contributed by atoms with E-state index in [1.54, 1.807) is 7.11 Å². The summed E-state index contributed by atoms with van der Waals surface area (Å²) in [5.74, 6) is 0.891. The number of aromatic nitrogens is 4. The first kappa shape index (κ1) is 30.6. The number of fused-ring (bicyclic) bond motifs is 4. The van der Waals surface area contributed by atoms with Gasteiger partial charge < -0.3 is 30.0 Å². The molecule has 4 aromatic heterocycles. The van der Waals surface area contributed by atoms with Gasteiger partial charge in [-0.05, 0) is 95.4 Å². The Labute approximate surface area is 284 Å². The minimum absolute atomic E-state index is 0.0127. The van der Waals surface area contributed by atoms with E-state index in [4.69, 9.17) is 25.2 Å². The van der Waals surface area contributed by atoms with Crippen LogP contribution in [0.3, 0.4) is 0 Å². The van der Waals surface area contributed by atoms with Gasteiger partial charge >= 0.3 is 5.97 Å². The molecule has 0 spiro atoms. The summed E-state index contributed by atoms with van der Waals surface area (Å²) in [5.41, 5.74) is 11.0. The van der Waals surface area contributed by atoms with Gasteiger partial charge in [0.2, 0.25) is 5.91 Å². The summed E-state index contributed by atoms with van der Waals surface area (Å²) in [6.07, 6.45) is 6.81. The standard InChI is InChI=1S/C37H43N7O5/c1-19(39-34(46)36-16-37(17-36,18-36)35(47)49-4)26-9-7-22-11-28(42(32(22)40-26)15-21-5-6-21)31-20(2)43-29(41-31)12-23(13-30(43)48-3)33(45)44-24-8-10-27(44)25(38)14-24/h7,9,11-13,19,21,24-25,27H,5-6,8,10,14-18,38H2,1-4H3,(H,39,46)/t19-,24+,25-,27-,36?,37?/m1/s1. The molecule has 2 saturated heterocycles. The number of hydrogen-bond donors (Lipinski definition) is 2.